The van der Waals surface area contributed by atoms with Crippen molar-refractivity contribution in [3.8, 4) is 0 Å². The summed E-state index contributed by atoms with van der Waals surface area (Å²) in [6.07, 6.45) is 0. The van der Waals surface area contributed by atoms with E-state index in [1.807, 2.05) is 31.2 Å². The molecule has 3 nitrogen and oxygen atoms in total. The third-order valence-electron chi connectivity index (χ3n) is 3.18. The van der Waals surface area contributed by atoms with Gasteiger partial charge in [0.05, 0.1) is 5.54 Å². The molecule has 0 aliphatic carbocycles. The van der Waals surface area contributed by atoms with Crippen LogP contribution in [-0.2, 0) is 0 Å². The van der Waals surface area contributed by atoms with E-state index in [-0.39, 0.29) is 11.4 Å². The Kier molecular flexibility index (Phi) is 4.94. The summed E-state index contributed by atoms with van der Waals surface area (Å²) < 4.78 is 1.05. The van der Waals surface area contributed by atoms with Gasteiger partial charge in [-0.25, -0.2) is 0 Å². The Morgan fingerprint density at radius 2 is 2.18 bits per heavy atom. The average molecular weight is 346 g/mol. The molecule has 1 unspecified atom stereocenters. The number of hydrogen-bond donors (Lipinski definition) is 2. The Balaban J connectivity index is 2.85. The van der Waals surface area contributed by atoms with Gasteiger partial charge in [-0.3, -0.25) is 4.79 Å². The monoisotopic (exact) mass is 346 g/mol. The van der Waals surface area contributed by atoms with E-state index in [2.05, 4.69) is 41.8 Å². The van der Waals surface area contributed by atoms with Crippen LogP contribution < -0.4 is 11.1 Å². The van der Waals surface area contributed by atoms with Gasteiger partial charge < -0.3 is 11.1 Å². The van der Waals surface area contributed by atoms with E-state index in [1.54, 1.807) is 0 Å². The van der Waals surface area contributed by atoms with Crippen LogP contribution in [0.4, 0.5) is 0 Å². The van der Waals surface area contributed by atoms with Crippen molar-refractivity contribution in [2.75, 3.05) is 6.54 Å². The lowest BCUT2D eigenvalue weighted by atomic mass is 9.88. The van der Waals surface area contributed by atoms with Crippen molar-refractivity contribution in [2.24, 2.45) is 11.7 Å². The number of rotatable bonds is 4. The number of carbonyl (C=O) groups excluding carboxylic acids is 1. The van der Waals surface area contributed by atoms with Crippen LogP contribution in [-0.4, -0.2) is 18.0 Å². The third kappa shape index (κ3) is 3.67. The molecular weight excluding hydrogens is 327 g/mol. The second kappa shape index (κ2) is 5.82. The molecule has 1 rings (SSSR count). The molecule has 0 radical (unpaired) electrons. The summed E-state index contributed by atoms with van der Waals surface area (Å²) in [5.74, 6) is 0.226. The molecule has 0 aliphatic rings. The van der Waals surface area contributed by atoms with Crippen LogP contribution in [0.5, 0.6) is 0 Å². The normalized spacial score (nSPS) is 14.5. The highest BCUT2D eigenvalue weighted by Gasteiger charge is 2.28. The fourth-order valence-electron chi connectivity index (χ4n) is 1.39. The van der Waals surface area contributed by atoms with Gasteiger partial charge in [0.15, 0.2) is 0 Å². The molecule has 0 spiro atoms. The molecule has 0 saturated carbocycles. The molecule has 0 aromatic heterocycles. The number of amides is 1. The predicted molar refractivity (Wildman–Crippen MR) is 78.9 cm³/mol. The number of halogens is 1. The van der Waals surface area contributed by atoms with Gasteiger partial charge >= 0.3 is 0 Å². The summed E-state index contributed by atoms with van der Waals surface area (Å²) in [5, 5.41) is 3.02. The molecule has 3 N–H and O–H groups in total. The number of benzene rings is 1. The summed E-state index contributed by atoms with van der Waals surface area (Å²) in [6, 6.07) is 7.52. The van der Waals surface area contributed by atoms with E-state index < -0.39 is 0 Å². The van der Waals surface area contributed by atoms with E-state index in [9.17, 15) is 4.79 Å². The highest BCUT2D eigenvalue weighted by Crippen LogP contribution is 2.16. The minimum Gasteiger partial charge on any atom is -0.345 e. The fourth-order valence-corrected chi connectivity index (χ4v) is 1.94. The Bertz CT molecular complexity index is 406. The molecular formula is C13H19IN2O. The van der Waals surface area contributed by atoms with Crippen molar-refractivity contribution in [1.82, 2.24) is 5.32 Å². The average Bonchev–Trinajstić information content (AvgIpc) is 2.28. The maximum atomic E-state index is 12.1. The third-order valence-corrected chi connectivity index (χ3v) is 3.86. The Morgan fingerprint density at radius 1 is 1.53 bits per heavy atom. The van der Waals surface area contributed by atoms with Crippen LogP contribution in [0.2, 0.25) is 0 Å². The maximum Gasteiger partial charge on any atom is 0.251 e. The van der Waals surface area contributed by atoms with Crippen LogP contribution in [0, 0.1) is 9.49 Å². The molecule has 0 heterocycles. The highest BCUT2D eigenvalue weighted by molar-refractivity contribution is 14.1. The summed E-state index contributed by atoms with van der Waals surface area (Å²) in [7, 11) is 0. The molecule has 0 aliphatic heterocycles. The first-order valence-electron chi connectivity index (χ1n) is 5.67. The van der Waals surface area contributed by atoms with E-state index in [1.165, 1.54) is 0 Å². The van der Waals surface area contributed by atoms with Gasteiger partial charge in [-0.2, -0.15) is 0 Å². The van der Waals surface area contributed by atoms with Crippen LogP contribution in [0.15, 0.2) is 24.3 Å². The zero-order chi connectivity index (χ0) is 13.1. The van der Waals surface area contributed by atoms with Gasteiger partial charge in [0.2, 0.25) is 0 Å². The summed E-state index contributed by atoms with van der Waals surface area (Å²) in [5.41, 5.74) is 6.06. The molecule has 17 heavy (non-hydrogen) atoms. The smallest absolute Gasteiger partial charge is 0.251 e. The van der Waals surface area contributed by atoms with E-state index in [0.29, 0.717) is 18.0 Å². The van der Waals surface area contributed by atoms with Gasteiger partial charge in [-0.05, 0) is 53.6 Å². The lowest BCUT2D eigenvalue weighted by Crippen LogP contribution is -2.55. The van der Waals surface area contributed by atoms with E-state index in [0.717, 1.165) is 3.57 Å². The SMILES string of the molecule is CC(C)C(C)(CN)NC(=O)c1cccc(I)c1. The quantitative estimate of drug-likeness (QED) is 0.823. The second-order valence-electron chi connectivity index (χ2n) is 4.74. The first-order chi connectivity index (χ1) is 7.89. The van der Waals surface area contributed by atoms with Crippen molar-refractivity contribution < 1.29 is 4.79 Å². The zero-order valence-corrected chi connectivity index (χ0v) is 12.6. The largest absolute Gasteiger partial charge is 0.345 e. The van der Waals surface area contributed by atoms with Crippen molar-refractivity contribution in [2.45, 2.75) is 26.3 Å². The minimum absolute atomic E-state index is 0.0647. The minimum atomic E-state index is -0.363. The maximum absolute atomic E-state index is 12.1. The van der Waals surface area contributed by atoms with Crippen LogP contribution in [0.3, 0.4) is 0 Å². The summed E-state index contributed by atoms with van der Waals surface area (Å²) in [6.45, 7) is 6.52. The van der Waals surface area contributed by atoms with E-state index in [4.69, 9.17) is 5.73 Å². The van der Waals surface area contributed by atoms with Crippen molar-refractivity contribution in [3.05, 3.63) is 33.4 Å². The van der Waals surface area contributed by atoms with Gasteiger partial charge in [0, 0.05) is 15.7 Å². The molecule has 0 bridgehead atoms. The standard InChI is InChI=1S/C13H19IN2O/c1-9(2)13(3,8-15)16-12(17)10-5-4-6-11(14)7-10/h4-7,9H,8,15H2,1-3H3,(H,16,17). The van der Waals surface area contributed by atoms with Crippen molar-refractivity contribution >= 4 is 28.5 Å². The molecule has 0 fully saturated rings. The molecule has 1 amide bonds. The molecule has 1 atom stereocenters. The number of hydrogen-bond acceptors (Lipinski definition) is 2. The number of carbonyl (C=O) groups is 1. The molecule has 4 heteroatoms. The van der Waals surface area contributed by atoms with E-state index >= 15 is 0 Å². The van der Waals surface area contributed by atoms with Gasteiger partial charge in [0.25, 0.3) is 5.91 Å². The Hall–Kier alpha value is -0.620. The molecule has 94 valence electrons. The first-order valence-corrected chi connectivity index (χ1v) is 6.75. The number of nitrogens with one attached hydrogen (secondary N) is 1. The molecule has 1 aromatic carbocycles. The van der Waals surface area contributed by atoms with Gasteiger partial charge in [-0.1, -0.05) is 19.9 Å². The van der Waals surface area contributed by atoms with Crippen LogP contribution in [0.25, 0.3) is 0 Å². The number of nitrogens with two attached hydrogens (primary N) is 1. The summed E-state index contributed by atoms with van der Waals surface area (Å²) >= 11 is 2.19. The van der Waals surface area contributed by atoms with Crippen molar-refractivity contribution in [3.63, 3.8) is 0 Å². The lowest BCUT2D eigenvalue weighted by Gasteiger charge is -2.33. The fraction of sp³-hybridized carbons (Fsp3) is 0.462. The predicted octanol–water partition coefficient (Wildman–Crippen LogP) is 2.39. The Morgan fingerprint density at radius 3 is 2.65 bits per heavy atom. The zero-order valence-electron chi connectivity index (χ0n) is 10.5. The lowest BCUT2D eigenvalue weighted by molar-refractivity contribution is 0.0883. The topological polar surface area (TPSA) is 55.1 Å². The second-order valence-corrected chi connectivity index (χ2v) is 5.99. The molecule has 1 aromatic rings. The van der Waals surface area contributed by atoms with Gasteiger partial charge in [-0.15, -0.1) is 0 Å². The summed E-state index contributed by atoms with van der Waals surface area (Å²) in [4.78, 5) is 12.1. The molecule has 0 saturated heterocycles. The van der Waals surface area contributed by atoms with Crippen LogP contribution in [0.1, 0.15) is 31.1 Å². The first kappa shape index (κ1) is 14.4. The highest BCUT2D eigenvalue weighted by atomic mass is 127. The van der Waals surface area contributed by atoms with Crippen LogP contribution >= 0.6 is 22.6 Å². The van der Waals surface area contributed by atoms with Crippen molar-refractivity contribution in [1.29, 1.82) is 0 Å². The van der Waals surface area contributed by atoms with Gasteiger partial charge in [0.1, 0.15) is 0 Å². The Labute approximate surface area is 116 Å².